The first-order chi connectivity index (χ1) is 10.5. The molecule has 0 spiro atoms. The highest BCUT2D eigenvalue weighted by Crippen LogP contribution is 2.18. The van der Waals surface area contributed by atoms with E-state index in [1.54, 1.807) is 17.3 Å². The second-order valence-electron chi connectivity index (χ2n) is 7.76. The van der Waals surface area contributed by atoms with Gasteiger partial charge in [0.1, 0.15) is 5.60 Å². The van der Waals surface area contributed by atoms with Gasteiger partial charge >= 0.3 is 6.09 Å². The van der Waals surface area contributed by atoms with E-state index in [2.05, 4.69) is 17.2 Å². The molecular formula is C18H31N3O2. The number of amides is 1. The highest BCUT2D eigenvalue weighted by molar-refractivity contribution is 5.69. The Morgan fingerprint density at radius 2 is 1.78 bits per heavy atom. The Balaban J connectivity index is 2.60. The van der Waals surface area contributed by atoms with Crippen molar-refractivity contribution in [2.45, 2.75) is 65.6 Å². The molecule has 23 heavy (non-hydrogen) atoms. The molecule has 0 fully saturated rings. The van der Waals surface area contributed by atoms with Crippen LogP contribution in [0.4, 0.5) is 4.79 Å². The number of hydrogen-bond donors (Lipinski definition) is 1. The molecule has 0 radical (unpaired) electrons. The standard InChI is InChI=1S/C18H31N3O2/c1-14(15-8-10-19-11-9-15)20-12-13-21(17(2,3)4)16(22)23-18(5,6)7/h8-11,14,20H,12-13H2,1-7H3. The van der Waals surface area contributed by atoms with Crippen LogP contribution in [0.3, 0.4) is 0 Å². The third-order valence-corrected chi connectivity index (χ3v) is 3.42. The van der Waals surface area contributed by atoms with E-state index >= 15 is 0 Å². The lowest BCUT2D eigenvalue weighted by Crippen LogP contribution is -2.50. The number of nitrogens with zero attached hydrogens (tertiary/aromatic N) is 2. The Hall–Kier alpha value is -1.62. The molecule has 1 atom stereocenters. The molecule has 1 N–H and O–H groups in total. The minimum atomic E-state index is -0.488. The van der Waals surface area contributed by atoms with Gasteiger partial charge in [-0.25, -0.2) is 4.79 Å². The van der Waals surface area contributed by atoms with Crippen molar-refractivity contribution >= 4 is 6.09 Å². The quantitative estimate of drug-likeness (QED) is 0.897. The summed E-state index contributed by atoms with van der Waals surface area (Å²) in [4.78, 5) is 18.2. The molecule has 1 rings (SSSR count). The van der Waals surface area contributed by atoms with Crippen molar-refractivity contribution in [3.8, 4) is 0 Å². The minimum Gasteiger partial charge on any atom is -0.444 e. The number of rotatable bonds is 5. The zero-order valence-corrected chi connectivity index (χ0v) is 15.5. The smallest absolute Gasteiger partial charge is 0.410 e. The van der Waals surface area contributed by atoms with Gasteiger partial charge in [0.25, 0.3) is 0 Å². The van der Waals surface area contributed by atoms with Gasteiger partial charge in [-0.05, 0) is 66.2 Å². The largest absolute Gasteiger partial charge is 0.444 e. The van der Waals surface area contributed by atoms with Gasteiger partial charge in [-0.3, -0.25) is 4.98 Å². The van der Waals surface area contributed by atoms with Gasteiger partial charge in [-0.1, -0.05) is 0 Å². The number of pyridine rings is 1. The van der Waals surface area contributed by atoms with Gasteiger partial charge in [-0.15, -0.1) is 0 Å². The van der Waals surface area contributed by atoms with Crippen LogP contribution in [-0.4, -0.2) is 40.2 Å². The Labute approximate surface area is 140 Å². The van der Waals surface area contributed by atoms with Crippen molar-refractivity contribution in [1.82, 2.24) is 15.2 Å². The third kappa shape index (κ3) is 6.99. The molecule has 1 aromatic heterocycles. The predicted molar refractivity (Wildman–Crippen MR) is 93.3 cm³/mol. The van der Waals surface area contributed by atoms with Crippen LogP contribution < -0.4 is 5.32 Å². The SMILES string of the molecule is CC(NCCN(C(=O)OC(C)(C)C)C(C)(C)C)c1ccncc1. The zero-order valence-electron chi connectivity index (χ0n) is 15.5. The molecule has 0 bridgehead atoms. The molecule has 0 aromatic carbocycles. The molecule has 0 saturated carbocycles. The summed E-state index contributed by atoms with van der Waals surface area (Å²) in [5.74, 6) is 0. The third-order valence-electron chi connectivity index (χ3n) is 3.42. The summed E-state index contributed by atoms with van der Waals surface area (Å²) < 4.78 is 5.52. The second kappa shape index (κ2) is 7.77. The number of ether oxygens (including phenoxy) is 1. The summed E-state index contributed by atoms with van der Waals surface area (Å²) in [6.45, 7) is 15.1. The highest BCUT2D eigenvalue weighted by atomic mass is 16.6. The molecular weight excluding hydrogens is 290 g/mol. The molecule has 1 heterocycles. The van der Waals surface area contributed by atoms with E-state index < -0.39 is 5.60 Å². The summed E-state index contributed by atoms with van der Waals surface area (Å²) in [6, 6.07) is 4.19. The average Bonchev–Trinajstić information content (AvgIpc) is 2.40. The van der Waals surface area contributed by atoms with Crippen molar-refractivity contribution in [2.75, 3.05) is 13.1 Å². The summed E-state index contributed by atoms with van der Waals surface area (Å²) in [7, 11) is 0. The fraction of sp³-hybridized carbons (Fsp3) is 0.667. The van der Waals surface area contributed by atoms with Crippen LogP contribution in [0.5, 0.6) is 0 Å². The van der Waals surface area contributed by atoms with E-state index in [0.29, 0.717) is 13.1 Å². The molecule has 5 nitrogen and oxygen atoms in total. The molecule has 0 aliphatic rings. The highest BCUT2D eigenvalue weighted by Gasteiger charge is 2.30. The van der Waals surface area contributed by atoms with Crippen molar-refractivity contribution < 1.29 is 9.53 Å². The number of aromatic nitrogens is 1. The summed E-state index contributed by atoms with van der Waals surface area (Å²) in [5.41, 5.74) is 0.405. The van der Waals surface area contributed by atoms with E-state index in [9.17, 15) is 4.79 Å². The zero-order chi connectivity index (χ0) is 17.7. The number of carbonyl (C=O) groups is 1. The lowest BCUT2D eigenvalue weighted by atomic mass is 10.1. The van der Waals surface area contributed by atoms with E-state index in [4.69, 9.17) is 4.74 Å². The Bertz CT molecular complexity index is 489. The lowest BCUT2D eigenvalue weighted by Gasteiger charge is -2.37. The summed E-state index contributed by atoms with van der Waals surface area (Å²) in [6.07, 6.45) is 3.30. The predicted octanol–water partition coefficient (Wildman–Crippen LogP) is 3.77. The van der Waals surface area contributed by atoms with Crippen molar-refractivity contribution in [3.05, 3.63) is 30.1 Å². The van der Waals surface area contributed by atoms with Crippen molar-refractivity contribution in [3.63, 3.8) is 0 Å². The molecule has 0 aliphatic carbocycles. The fourth-order valence-electron chi connectivity index (χ4n) is 2.18. The van der Waals surface area contributed by atoms with Crippen molar-refractivity contribution in [2.24, 2.45) is 0 Å². The Morgan fingerprint density at radius 1 is 1.22 bits per heavy atom. The normalized spacial score (nSPS) is 13.5. The van der Waals surface area contributed by atoms with Gasteiger partial charge in [0.05, 0.1) is 0 Å². The van der Waals surface area contributed by atoms with Gasteiger partial charge in [0.15, 0.2) is 0 Å². The Morgan fingerprint density at radius 3 is 2.26 bits per heavy atom. The molecule has 1 amide bonds. The van der Waals surface area contributed by atoms with Crippen LogP contribution in [0.15, 0.2) is 24.5 Å². The number of nitrogens with one attached hydrogen (secondary N) is 1. The van der Waals surface area contributed by atoms with Crippen LogP contribution in [-0.2, 0) is 4.74 Å². The Kier molecular flexibility index (Phi) is 6.57. The van der Waals surface area contributed by atoms with E-state index in [1.807, 2.05) is 53.7 Å². The summed E-state index contributed by atoms with van der Waals surface area (Å²) >= 11 is 0. The lowest BCUT2D eigenvalue weighted by molar-refractivity contribution is 0.00649. The van der Waals surface area contributed by atoms with Gasteiger partial charge in [0, 0.05) is 37.1 Å². The fourth-order valence-corrected chi connectivity index (χ4v) is 2.18. The van der Waals surface area contributed by atoms with E-state index in [-0.39, 0.29) is 17.7 Å². The average molecular weight is 321 g/mol. The monoisotopic (exact) mass is 321 g/mol. The maximum absolute atomic E-state index is 12.4. The molecule has 130 valence electrons. The first-order valence-corrected chi connectivity index (χ1v) is 8.14. The molecule has 0 aliphatic heterocycles. The van der Waals surface area contributed by atoms with Gasteiger partial charge in [-0.2, -0.15) is 0 Å². The van der Waals surface area contributed by atoms with E-state index in [1.165, 1.54) is 5.56 Å². The van der Waals surface area contributed by atoms with Crippen molar-refractivity contribution in [1.29, 1.82) is 0 Å². The maximum Gasteiger partial charge on any atom is 0.410 e. The second-order valence-corrected chi connectivity index (χ2v) is 7.76. The minimum absolute atomic E-state index is 0.207. The molecule has 1 unspecified atom stereocenters. The number of hydrogen-bond acceptors (Lipinski definition) is 4. The van der Waals surface area contributed by atoms with Crippen LogP contribution in [0.25, 0.3) is 0 Å². The van der Waals surface area contributed by atoms with E-state index in [0.717, 1.165) is 0 Å². The van der Waals surface area contributed by atoms with Crippen LogP contribution >= 0.6 is 0 Å². The van der Waals surface area contributed by atoms with Gasteiger partial charge < -0.3 is 15.0 Å². The van der Waals surface area contributed by atoms with Crippen LogP contribution in [0.1, 0.15) is 60.1 Å². The first-order valence-electron chi connectivity index (χ1n) is 8.14. The molecule has 0 saturated heterocycles. The first kappa shape index (κ1) is 19.4. The molecule has 5 heteroatoms. The van der Waals surface area contributed by atoms with Gasteiger partial charge in [0.2, 0.25) is 0 Å². The maximum atomic E-state index is 12.4. The number of carbonyl (C=O) groups excluding carboxylic acids is 1. The van der Waals surface area contributed by atoms with Crippen LogP contribution in [0.2, 0.25) is 0 Å². The topological polar surface area (TPSA) is 54.5 Å². The van der Waals surface area contributed by atoms with Crippen LogP contribution in [0, 0.1) is 0 Å². The molecule has 1 aromatic rings. The summed E-state index contributed by atoms with van der Waals surface area (Å²) in [5, 5.41) is 3.44.